The van der Waals surface area contributed by atoms with Crippen LogP contribution in [0.15, 0.2) is 12.1 Å². The largest absolute Gasteiger partial charge is 0.481 e. The van der Waals surface area contributed by atoms with Crippen molar-refractivity contribution in [2.24, 2.45) is 0 Å². The van der Waals surface area contributed by atoms with E-state index in [2.05, 4.69) is 13.8 Å². The second-order valence-electron chi connectivity index (χ2n) is 4.05. The summed E-state index contributed by atoms with van der Waals surface area (Å²) in [6, 6.07) is 3.67. The van der Waals surface area contributed by atoms with Crippen LogP contribution in [-0.2, 0) is 0 Å². The van der Waals surface area contributed by atoms with E-state index >= 15 is 0 Å². The summed E-state index contributed by atoms with van der Waals surface area (Å²) in [4.78, 5) is 11.2. The van der Waals surface area contributed by atoms with E-state index in [9.17, 15) is 4.79 Å². The van der Waals surface area contributed by atoms with Crippen molar-refractivity contribution in [3.8, 4) is 5.06 Å². The van der Waals surface area contributed by atoms with Crippen molar-refractivity contribution in [3.05, 3.63) is 17.0 Å². The molecule has 90 valence electrons. The maximum Gasteiger partial charge on any atom is 0.174 e. The number of unbranched alkanes of at least 4 members (excludes halogenated alkanes) is 3. The lowest BCUT2D eigenvalue weighted by Crippen LogP contribution is -2.10. The van der Waals surface area contributed by atoms with Crippen LogP contribution >= 0.6 is 11.3 Å². The SMILES string of the molecule is CCCCCCC(C)Oc1ccc(C=O)s1. The molecular formula is C13H20O2S. The topological polar surface area (TPSA) is 26.3 Å². The Morgan fingerprint density at radius 2 is 2.19 bits per heavy atom. The first-order chi connectivity index (χ1) is 7.76. The van der Waals surface area contributed by atoms with Crippen LogP contribution < -0.4 is 4.74 Å². The van der Waals surface area contributed by atoms with Crippen LogP contribution in [-0.4, -0.2) is 12.4 Å². The maximum absolute atomic E-state index is 10.5. The summed E-state index contributed by atoms with van der Waals surface area (Å²) >= 11 is 1.41. The van der Waals surface area contributed by atoms with E-state index in [4.69, 9.17) is 4.74 Å². The standard InChI is InChI=1S/C13H20O2S/c1-3-4-5-6-7-11(2)15-13-9-8-12(10-14)16-13/h8-11H,3-7H2,1-2H3. The fourth-order valence-electron chi connectivity index (χ4n) is 1.58. The number of hydrogen-bond donors (Lipinski definition) is 0. The zero-order valence-corrected chi connectivity index (χ0v) is 10.9. The number of carbonyl (C=O) groups is 1. The highest BCUT2D eigenvalue weighted by molar-refractivity contribution is 7.15. The van der Waals surface area contributed by atoms with Gasteiger partial charge >= 0.3 is 0 Å². The van der Waals surface area contributed by atoms with Crippen molar-refractivity contribution >= 4 is 17.6 Å². The number of thiophene rings is 1. The quantitative estimate of drug-likeness (QED) is 0.500. The third-order valence-corrected chi connectivity index (χ3v) is 3.40. The molecule has 0 amide bonds. The molecule has 1 atom stereocenters. The van der Waals surface area contributed by atoms with E-state index in [1.54, 1.807) is 6.07 Å². The summed E-state index contributed by atoms with van der Waals surface area (Å²) in [6.45, 7) is 4.30. The fraction of sp³-hybridized carbons (Fsp3) is 0.615. The molecule has 1 aromatic rings. The van der Waals surface area contributed by atoms with Gasteiger partial charge in [-0.15, -0.1) is 0 Å². The molecule has 0 saturated heterocycles. The Morgan fingerprint density at radius 3 is 2.81 bits per heavy atom. The molecule has 0 aromatic carbocycles. The minimum atomic E-state index is 0.245. The number of carbonyl (C=O) groups excluding carboxylic acids is 1. The molecule has 0 aliphatic carbocycles. The van der Waals surface area contributed by atoms with Crippen LogP contribution in [0.3, 0.4) is 0 Å². The van der Waals surface area contributed by atoms with Gasteiger partial charge < -0.3 is 4.74 Å². The van der Waals surface area contributed by atoms with E-state index in [1.165, 1.54) is 37.0 Å². The monoisotopic (exact) mass is 240 g/mol. The van der Waals surface area contributed by atoms with Crippen LogP contribution in [0.2, 0.25) is 0 Å². The number of hydrogen-bond acceptors (Lipinski definition) is 3. The summed E-state index contributed by atoms with van der Waals surface area (Å²) in [5.74, 6) is 0. The molecule has 1 heterocycles. The van der Waals surface area contributed by atoms with Crippen LogP contribution in [0.5, 0.6) is 5.06 Å². The molecule has 0 radical (unpaired) electrons. The molecule has 16 heavy (non-hydrogen) atoms. The minimum Gasteiger partial charge on any atom is -0.481 e. The number of aldehydes is 1. The highest BCUT2D eigenvalue weighted by atomic mass is 32.1. The minimum absolute atomic E-state index is 0.245. The smallest absolute Gasteiger partial charge is 0.174 e. The van der Waals surface area contributed by atoms with Crippen LogP contribution in [0.4, 0.5) is 0 Å². The molecule has 2 nitrogen and oxygen atoms in total. The van der Waals surface area contributed by atoms with Gasteiger partial charge in [-0.25, -0.2) is 0 Å². The molecule has 0 saturated carbocycles. The molecule has 1 rings (SSSR count). The Bertz CT molecular complexity index is 307. The predicted octanol–water partition coefficient (Wildman–Crippen LogP) is 4.30. The Labute approximate surface area is 102 Å². The van der Waals surface area contributed by atoms with Crippen molar-refractivity contribution in [2.75, 3.05) is 0 Å². The summed E-state index contributed by atoms with van der Waals surface area (Å²) < 4.78 is 5.74. The first-order valence-electron chi connectivity index (χ1n) is 5.98. The lowest BCUT2D eigenvalue weighted by molar-refractivity contribution is 0.112. The van der Waals surface area contributed by atoms with E-state index < -0.39 is 0 Å². The highest BCUT2D eigenvalue weighted by Crippen LogP contribution is 2.25. The third kappa shape index (κ3) is 4.79. The van der Waals surface area contributed by atoms with Crippen LogP contribution in [0.25, 0.3) is 0 Å². The van der Waals surface area contributed by atoms with Gasteiger partial charge in [-0.1, -0.05) is 37.5 Å². The molecule has 0 aliphatic heterocycles. The van der Waals surface area contributed by atoms with Gasteiger partial charge in [0.2, 0.25) is 0 Å². The molecule has 3 heteroatoms. The third-order valence-electron chi connectivity index (χ3n) is 2.50. The highest BCUT2D eigenvalue weighted by Gasteiger charge is 2.06. The summed E-state index contributed by atoms with van der Waals surface area (Å²) in [7, 11) is 0. The fourth-order valence-corrected chi connectivity index (χ4v) is 2.34. The van der Waals surface area contributed by atoms with Gasteiger partial charge in [-0.05, 0) is 31.9 Å². The molecule has 0 bridgehead atoms. The lowest BCUT2D eigenvalue weighted by atomic mass is 10.1. The van der Waals surface area contributed by atoms with Gasteiger partial charge in [0.15, 0.2) is 11.3 Å². The molecule has 1 unspecified atom stereocenters. The molecule has 0 spiro atoms. The zero-order valence-electron chi connectivity index (χ0n) is 10.1. The van der Waals surface area contributed by atoms with Crippen molar-refractivity contribution < 1.29 is 9.53 Å². The Kier molecular flexibility index (Phi) is 6.16. The van der Waals surface area contributed by atoms with Crippen molar-refractivity contribution in [2.45, 2.75) is 52.1 Å². The predicted molar refractivity (Wildman–Crippen MR) is 68.6 cm³/mol. The lowest BCUT2D eigenvalue weighted by Gasteiger charge is -2.12. The van der Waals surface area contributed by atoms with Crippen molar-refractivity contribution in [3.63, 3.8) is 0 Å². The second-order valence-corrected chi connectivity index (χ2v) is 5.13. The molecule has 0 aliphatic rings. The van der Waals surface area contributed by atoms with Gasteiger partial charge in [0.1, 0.15) is 0 Å². The Balaban J connectivity index is 2.22. The first kappa shape index (κ1) is 13.2. The number of ether oxygens (including phenoxy) is 1. The van der Waals surface area contributed by atoms with Crippen LogP contribution in [0.1, 0.15) is 55.6 Å². The first-order valence-corrected chi connectivity index (χ1v) is 6.79. The molecule has 1 aromatic heterocycles. The Morgan fingerprint density at radius 1 is 1.38 bits per heavy atom. The van der Waals surface area contributed by atoms with E-state index in [0.29, 0.717) is 0 Å². The molecule has 0 fully saturated rings. The van der Waals surface area contributed by atoms with Crippen molar-refractivity contribution in [1.29, 1.82) is 0 Å². The van der Waals surface area contributed by atoms with E-state index in [0.717, 1.165) is 22.6 Å². The van der Waals surface area contributed by atoms with E-state index in [-0.39, 0.29) is 6.10 Å². The van der Waals surface area contributed by atoms with Crippen molar-refractivity contribution in [1.82, 2.24) is 0 Å². The van der Waals surface area contributed by atoms with Crippen LogP contribution in [0, 0.1) is 0 Å². The van der Waals surface area contributed by atoms with Gasteiger partial charge in [0.25, 0.3) is 0 Å². The number of rotatable bonds is 8. The normalized spacial score (nSPS) is 12.4. The van der Waals surface area contributed by atoms with Gasteiger partial charge in [0.05, 0.1) is 11.0 Å². The molecule has 0 N–H and O–H groups in total. The van der Waals surface area contributed by atoms with Gasteiger partial charge in [-0.3, -0.25) is 4.79 Å². The maximum atomic E-state index is 10.5. The summed E-state index contributed by atoms with van der Waals surface area (Å²) in [6.07, 6.45) is 7.28. The summed E-state index contributed by atoms with van der Waals surface area (Å²) in [5, 5.41) is 0.852. The second kappa shape index (κ2) is 7.44. The molecular weight excluding hydrogens is 220 g/mol. The average molecular weight is 240 g/mol. The summed E-state index contributed by atoms with van der Waals surface area (Å²) in [5.41, 5.74) is 0. The van der Waals surface area contributed by atoms with Gasteiger partial charge in [-0.2, -0.15) is 0 Å². The average Bonchev–Trinajstić information content (AvgIpc) is 2.72. The Hall–Kier alpha value is -0.830. The van der Waals surface area contributed by atoms with Gasteiger partial charge in [0, 0.05) is 0 Å². The van der Waals surface area contributed by atoms with E-state index in [1.807, 2.05) is 6.07 Å². The zero-order chi connectivity index (χ0) is 11.8.